The van der Waals surface area contributed by atoms with Gasteiger partial charge in [0, 0.05) is 25.3 Å². The number of amides is 1. The van der Waals surface area contributed by atoms with Crippen molar-refractivity contribution in [2.24, 2.45) is 0 Å². The van der Waals surface area contributed by atoms with Gasteiger partial charge in [-0.1, -0.05) is 23.9 Å². The highest BCUT2D eigenvalue weighted by Gasteiger charge is 2.11. The molecule has 1 aromatic heterocycles. The lowest BCUT2D eigenvalue weighted by molar-refractivity contribution is -0.113. The molecule has 0 unspecified atom stereocenters. The second kappa shape index (κ2) is 9.32. The first-order chi connectivity index (χ1) is 13.1. The monoisotopic (exact) mass is 384 g/mol. The second-order valence-corrected chi connectivity index (χ2v) is 6.93. The van der Waals surface area contributed by atoms with Crippen molar-refractivity contribution in [3.63, 3.8) is 0 Å². The van der Waals surface area contributed by atoms with Crippen LogP contribution in [0.1, 0.15) is 11.1 Å². The summed E-state index contributed by atoms with van der Waals surface area (Å²) in [6.07, 6.45) is 1.36. The number of ether oxygens (including phenoxy) is 1. The van der Waals surface area contributed by atoms with Crippen molar-refractivity contribution in [2.45, 2.75) is 11.7 Å². The normalized spacial score (nSPS) is 14.5. The molecular weight excluding hydrogens is 364 g/mol. The van der Waals surface area contributed by atoms with Gasteiger partial charge in [-0.05, 0) is 17.7 Å². The molecule has 0 spiro atoms. The van der Waals surface area contributed by atoms with Gasteiger partial charge in [-0.25, -0.2) is 9.97 Å². The lowest BCUT2D eigenvalue weighted by atomic mass is 10.2. The minimum Gasteiger partial charge on any atom is -0.382 e. The Balaban J connectivity index is 1.47. The largest absolute Gasteiger partial charge is 0.382 e. The maximum absolute atomic E-state index is 12.1. The Hall–Kier alpha value is -2.67. The van der Waals surface area contributed by atoms with E-state index in [1.54, 1.807) is 0 Å². The average Bonchev–Trinajstić information content (AvgIpc) is 2.69. The highest BCUT2D eigenvalue weighted by Crippen LogP contribution is 2.17. The van der Waals surface area contributed by atoms with Crippen LogP contribution in [-0.4, -0.2) is 52.8 Å². The molecule has 1 aromatic carbocycles. The van der Waals surface area contributed by atoms with E-state index in [2.05, 4.69) is 20.2 Å². The van der Waals surface area contributed by atoms with Crippen molar-refractivity contribution in [2.75, 3.05) is 43.1 Å². The molecule has 3 N–H and O–H groups in total. The van der Waals surface area contributed by atoms with Gasteiger partial charge in [0.1, 0.15) is 17.5 Å². The Bertz CT molecular complexity index is 831. The minimum absolute atomic E-state index is 0.117. The fourth-order valence-electron chi connectivity index (χ4n) is 2.57. The molecule has 1 saturated heterocycles. The molecule has 1 fully saturated rings. The number of hydrogen-bond donors (Lipinski definition) is 2. The standard InChI is InChI=1S/C18H20N6O2S/c19-9-14-10-21-18(23-17(14)20)27-12-16(25)22-15-3-1-13(2-4-15)11-24-5-7-26-8-6-24/h1-4,10H,5-8,11-12H2,(H,22,25)(H2,20,21,23). The van der Waals surface area contributed by atoms with Crippen LogP contribution in [0.4, 0.5) is 11.5 Å². The van der Waals surface area contributed by atoms with Crippen LogP contribution in [-0.2, 0) is 16.1 Å². The third-order valence-electron chi connectivity index (χ3n) is 4.00. The van der Waals surface area contributed by atoms with Crippen LogP contribution in [0.15, 0.2) is 35.6 Å². The van der Waals surface area contributed by atoms with Crippen LogP contribution in [0.5, 0.6) is 0 Å². The summed E-state index contributed by atoms with van der Waals surface area (Å²) in [5, 5.41) is 12.0. The molecule has 1 aliphatic rings. The summed E-state index contributed by atoms with van der Waals surface area (Å²) in [4.78, 5) is 22.5. The summed E-state index contributed by atoms with van der Waals surface area (Å²) in [6, 6.07) is 9.73. The molecule has 0 radical (unpaired) electrons. The predicted octanol–water partition coefficient (Wildman–Crippen LogP) is 1.49. The zero-order valence-electron chi connectivity index (χ0n) is 14.7. The Morgan fingerprint density at radius 3 is 2.74 bits per heavy atom. The number of benzene rings is 1. The molecule has 8 nitrogen and oxygen atoms in total. The van der Waals surface area contributed by atoms with Crippen molar-refractivity contribution in [3.8, 4) is 6.07 Å². The van der Waals surface area contributed by atoms with Gasteiger partial charge in [0.05, 0.1) is 25.2 Å². The van der Waals surface area contributed by atoms with Crippen molar-refractivity contribution in [3.05, 3.63) is 41.6 Å². The van der Waals surface area contributed by atoms with Gasteiger partial charge >= 0.3 is 0 Å². The van der Waals surface area contributed by atoms with Crippen molar-refractivity contribution >= 4 is 29.2 Å². The maximum Gasteiger partial charge on any atom is 0.234 e. The van der Waals surface area contributed by atoms with E-state index < -0.39 is 0 Å². The van der Waals surface area contributed by atoms with E-state index in [-0.39, 0.29) is 23.0 Å². The zero-order chi connectivity index (χ0) is 19.1. The topological polar surface area (TPSA) is 117 Å². The zero-order valence-corrected chi connectivity index (χ0v) is 15.5. The minimum atomic E-state index is -0.160. The van der Waals surface area contributed by atoms with E-state index in [1.807, 2.05) is 30.3 Å². The smallest absolute Gasteiger partial charge is 0.234 e. The van der Waals surface area contributed by atoms with E-state index in [0.29, 0.717) is 5.16 Å². The summed E-state index contributed by atoms with van der Waals surface area (Å²) in [6.45, 7) is 4.32. The van der Waals surface area contributed by atoms with Gasteiger partial charge in [-0.3, -0.25) is 9.69 Å². The molecule has 1 amide bonds. The number of nitrogen functional groups attached to an aromatic ring is 1. The third kappa shape index (κ3) is 5.65. The quantitative estimate of drug-likeness (QED) is 0.568. The maximum atomic E-state index is 12.1. The van der Waals surface area contributed by atoms with Gasteiger partial charge in [0.15, 0.2) is 5.16 Å². The van der Waals surface area contributed by atoms with E-state index >= 15 is 0 Å². The fourth-order valence-corrected chi connectivity index (χ4v) is 3.19. The molecule has 1 aliphatic heterocycles. The number of carbonyl (C=O) groups is 1. The second-order valence-electron chi connectivity index (χ2n) is 5.99. The Labute approximate surface area is 161 Å². The first kappa shape index (κ1) is 19.1. The molecule has 9 heteroatoms. The Morgan fingerprint density at radius 1 is 1.33 bits per heavy atom. The number of hydrogen-bond acceptors (Lipinski definition) is 8. The van der Waals surface area contributed by atoms with Crippen LogP contribution >= 0.6 is 11.8 Å². The summed E-state index contributed by atoms with van der Waals surface area (Å²) in [5.41, 5.74) is 7.81. The highest BCUT2D eigenvalue weighted by atomic mass is 32.2. The summed E-state index contributed by atoms with van der Waals surface area (Å²) >= 11 is 1.17. The molecule has 0 bridgehead atoms. The Kier molecular flexibility index (Phi) is 6.59. The molecule has 140 valence electrons. The fraction of sp³-hybridized carbons (Fsp3) is 0.333. The van der Waals surface area contributed by atoms with E-state index in [9.17, 15) is 4.79 Å². The number of anilines is 2. The molecule has 27 heavy (non-hydrogen) atoms. The van der Waals surface area contributed by atoms with Crippen molar-refractivity contribution in [1.82, 2.24) is 14.9 Å². The van der Waals surface area contributed by atoms with Crippen LogP contribution in [0.3, 0.4) is 0 Å². The van der Waals surface area contributed by atoms with E-state index in [1.165, 1.54) is 23.5 Å². The van der Waals surface area contributed by atoms with Crippen LogP contribution < -0.4 is 11.1 Å². The van der Waals surface area contributed by atoms with Crippen LogP contribution in [0, 0.1) is 11.3 Å². The molecule has 0 aliphatic carbocycles. The molecule has 0 atom stereocenters. The molecule has 3 rings (SSSR count). The van der Waals surface area contributed by atoms with Gasteiger partial charge in [0.2, 0.25) is 5.91 Å². The van der Waals surface area contributed by atoms with Crippen molar-refractivity contribution in [1.29, 1.82) is 5.26 Å². The number of aromatic nitrogens is 2. The number of rotatable bonds is 6. The number of nitrogens with zero attached hydrogens (tertiary/aromatic N) is 4. The van der Waals surface area contributed by atoms with Crippen LogP contribution in [0.2, 0.25) is 0 Å². The summed E-state index contributed by atoms with van der Waals surface area (Å²) < 4.78 is 5.35. The van der Waals surface area contributed by atoms with Crippen molar-refractivity contribution < 1.29 is 9.53 Å². The number of morpholine rings is 1. The SMILES string of the molecule is N#Cc1cnc(SCC(=O)Nc2ccc(CN3CCOCC3)cc2)nc1N. The number of carbonyl (C=O) groups excluding carboxylic acids is 1. The van der Waals surface area contributed by atoms with Gasteiger partial charge in [0.25, 0.3) is 0 Å². The van der Waals surface area contributed by atoms with E-state index in [0.717, 1.165) is 38.5 Å². The number of nitrogens with one attached hydrogen (secondary N) is 1. The summed E-state index contributed by atoms with van der Waals surface area (Å²) in [5.74, 6) is 0.111. The lowest BCUT2D eigenvalue weighted by Gasteiger charge is -2.26. The first-order valence-electron chi connectivity index (χ1n) is 8.48. The Morgan fingerprint density at radius 2 is 2.07 bits per heavy atom. The number of nitrogens with two attached hydrogens (primary N) is 1. The van der Waals surface area contributed by atoms with Gasteiger partial charge in [-0.15, -0.1) is 0 Å². The van der Waals surface area contributed by atoms with Gasteiger partial charge < -0.3 is 15.8 Å². The predicted molar refractivity (Wildman–Crippen MR) is 103 cm³/mol. The van der Waals surface area contributed by atoms with Gasteiger partial charge in [-0.2, -0.15) is 5.26 Å². The lowest BCUT2D eigenvalue weighted by Crippen LogP contribution is -2.35. The first-order valence-corrected chi connectivity index (χ1v) is 9.47. The van der Waals surface area contributed by atoms with Crippen LogP contribution in [0.25, 0.3) is 0 Å². The number of nitriles is 1. The highest BCUT2D eigenvalue weighted by molar-refractivity contribution is 7.99. The molecule has 2 heterocycles. The molecular formula is C18H20N6O2S. The van der Waals surface area contributed by atoms with E-state index in [4.69, 9.17) is 15.7 Å². The molecule has 0 saturated carbocycles. The third-order valence-corrected chi connectivity index (χ3v) is 4.86. The molecule has 2 aromatic rings. The summed E-state index contributed by atoms with van der Waals surface area (Å²) in [7, 11) is 0. The average molecular weight is 384 g/mol. The number of thioether (sulfide) groups is 1.